The second-order valence-electron chi connectivity index (χ2n) is 6.22. The van der Waals surface area contributed by atoms with Crippen LogP contribution < -0.4 is 10.2 Å². The van der Waals surface area contributed by atoms with Crippen LogP contribution in [0.25, 0.3) is 0 Å². The fourth-order valence-corrected chi connectivity index (χ4v) is 3.09. The van der Waals surface area contributed by atoms with E-state index in [1.807, 2.05) is 49.2 Å². The number of anilines is 1. The molecule has 1 aliphatic heterocycles. The monoisotopic (exact) mass is 342 g/mol. The van der Waals surface area contributed by atoms with Crippen LogP contribution in [0.5, 0.6) is 5.75 Å². The Balaban J connectivity index is 1.49. The Kier molecular flexibility index (Phi) is 5.42. The first-order chi connectivity index (χ1) is 12.2. The molecule has 0 bridgehead atoms. The van der Waals surface area contributed by atoms with Crippen molar-refractivity contribution in [3.8, 4) is 5.75 Å². The zero-order valence-electron chi connectivity index (χ0n) is 14.9. The number of hydrogen-bond donors (Lipinski definition) is 2. The van der Waals surface area contributed by atoms with Gasteiger partial charge in [-0.1, -0.05) is 12.1 Å². The van der Waals surface area contributed by atoms with E-state index in [0.29, 0.717) is 5.75 Å². The first kappa shape index (κ1) is 17.1. The normalized spacial score (nSPS) is 15.5. The molecular formula is C18H26N6O. The van der Waals surface area contributed by atoms with Crippen LogP contribution in [0, 0.1) is 6.92 Å². The molecule has 0 spiro atoms. The zero-order chi connectivity index (χ0) is 17.6. The topological polar surface area (TPSA) is 68.9 Å². The molecule has 7 heteroatoms. The molecule has 1 saturated heterocycles. The van der Waals surface area contributed by atoms with Crippen molar-refractivity contribution >= 4 is 11.6 Å². The standard InChI is InChI=1S/C18H26N6O/c1-15-13-21-24(14-15)8-7-20-18(19-2)23-11-9-22(10-12-23)16-5-3-4-6-17(16)25/h3-6,13-14,25H,7-12H2,1-2H3,(H,19,20). The lowest BCUT2D eigenvalue weighted by Crippen LogP contribution is -2.53. The number of nitrogens with one attached hydrogen (secondary N) is 1. The first-order valence-corrected chi connectivity index (χ1v) is 8.65. The summed E-state index contributed by atoms with van der Waals surface area (Å²) in [4.78, 5) is 8.87. The number of aliphatic imine (C=N–C) groups is 1. The van der Waals surface area contributed by atoms with Crippen LogP contribution in [0.15, 0.2) is 41.7 Å². The summed E-state index contributed by atoms with van der Waals surface area (Å²) in [6, 6.07) is 7.50. The van der Waals surface area contributed by atoms with Crippen molar-refractivity contribution in [2.45, 2.75) is 13.5 Å². The molecule has 0 radical (unpaired) electrons. The molecule has 25 heavy (non-hydrogen) atoms. The Hall–Kier alpha value is -2.70. The third-order valence-corrected chi connectivity index (χ3v) is 4.40. The van der Waals surface area contributed by atoms with Gasteiger partial charge in [-0.2, -0.15) is 5.10 Å². The minimum Gasteiger partial charge on any atom is -0.506 e. The van der Waals surface area contributed by atoms with E-state index in [1.165, 1.54) is 5.56 Å². The summed E-state index contributed by atoms with van der Waals surface area (Å²) in [5, 5.41) is 17.7. The minimum absolute atomic E-state index is 0.341. The summed E-state index contributed by atoms with van der Waals surface area (Å²) in [5.41, 5.74) is 2.07. The molecule has 1 aromatic heterocycles. The quantitative estimate of drug-likeness (QED) is 0.647. The number of rotatable bonds is 4. The highest BCUT2D eigenvalue weighted by atomic mass is 16.3. The number of hydrogen-bond acceptors (Lipinski definition) is 4. The fraction of sp³-hybridized carbons (Fsp3) is 0.444. The van der Waals surface area contributed by atoms with E-state index >= 15 is 0 Å². The van der Waals surface area contributed by atoms with Crippen LogP contribution in [0.4, 0.5) is 5.69 Å². The molecule has 1 aliphatic rings. The number of benzene rings is 1. The van der Waals surface area contributed by atoms with Crippen molar-refractivity contribution in [2.24, 2.45) is 4.99 Å². The number of aromatic hydroxyl groups is 1. The molecule has 7 nitrogen and oxygen atoms in total. The molecule has 0 unspecified atom stereocenters. The minimum atomic E-state index is 0.341. The highest BCUT2D eigenvalue weighted by Gasteiger charge is 2.21. The molecular weight excluding hydrogens is 316 g/mol. The van der Waals surface area contributed by atoms with Gasteiger partial charge in [0, 0.05) is 46.0 Å². The van der Waals surface area contributed by atoms with E-state index in [-0.39, 0.29) is 0 Å². The number of phenolic OH excluding ortho intramolecular Hbond substituents is 1. The van der Waals surface area contributed by atoms with Gasteiger partial charge in [-0.15, -0.1) is 0 Å². The lowest BCUT2D eigenvalue weighted by molar-refractivity contribution is 0.368. The van der Waals surface area contributed by atoms with Crippen LogP contribution in [-0.4, -0.2) is 65.5 Å². The predicted octanol–water partition coefficient (Wildman–Crippen LogP) is 1.29. The number of aryl methyl sites for hydroxylation is 1. The first-order valence-electron chi connectivity index (χ1n) is 8.65. The summed E-state index contributed by atoms with van der Waals surface area (Å²) in [6.45, 7) is 7.09. The number of guanidine groups is 1. The summed E-state index contributed by atoms with van der Waals surface area (Å²) >= 11 is 0. The maximum absolute atomic E-state index is 10.0. The lowest BCUT2D eigenvalue weighted by atomic mass is 10.2. The van der Waals surface area contributed by atoms with Gasteiger partial charge in [-0.3, -0.25) is 9.67 Å². The fourth-order valence-electron chi connectivity index (χ4n) is 3.09. The number of piperazine rings is 1. The largest absolute Gasteiger partial charge is 0.506 e. The third-order valence-electron chi connectivity index (χ3n) is 4.40. The van der Waals surface area contributed by atoms with Gasteiger partial charge in [0.25, 0.3) is 0 Å². The molecule has 2 N–H and O–H groups in total. The van der Waals surface area contributed by atoms with E-state index in [4.69, 9.17) is 0 Å². The van der Waals surface area contributed by atoms with Crippen molar-refractivity contribution in [2.75, 3.05) is 44.7 Å². The Bertz CT molecular complexity index is 718. The van der Waals surface area contributed by atoms with E-state index in [9.17, 15) is 5.11 Å². The molecule has 0 saturated carbocycles. The number of para-hydroxylation sites is 2. The Morgan fingerprint density at radius 3 is 2.64 bits per heavy atom. The highest BCUT2D eigenvalue weighted by Crippen LogP contribution is 2.27. The van der Waals surface area contributed by atoms with Gasteiger partial charge in [0.05, 0.1) is 18.4 Å². The third kappa shape index (κ3) is 4.23. The molecule has 0 aliphatic carbocycles. The van der Waals surface area contributed by atoms with Crippen molar-refractivity contribution in [3.63, 3.8) is 0 Å². The lowest BCUT2D eigenvalue weighted by Gasteiger charge is -2.37. The highest BCUT2D eigenvalue weighted by molar-refractivity contribution is 5.80. The summed E-state index contributed by atoms with van der Waals surface area (Å²) < 4.78 is 1.94. The smallest absolute Gasteiger partial charge is 0.193 e. The van der Waals surface area contributed by atoms with Crippen molar-refractivity contribution < 1.29 is 5.11 Å². The van der Waals surface area contributed by atoms with Gasteiger partial charge >= 0.3 is 0 Å². The van der Waals surface area contributed by atoms with E-state index < -0.39 is 0 Å². The Morgan fingerprint density at radius 1 is 1.24 bits per heavy atom. The van der Waals surface area contributed by atoms with Crippen LogP contribution >= 0.6 is 0 Å². The van der Waals surface area contributed by atoms with Gasteiger partial charge in [0.15, 0.2) is 5.96 Å². The molecule has 1 fully saturated rings. The van der Waals surface area contributed by atoms with Crippen molar-refractivity contribution in [1.29, 1.82) is 0 Å². The van der Waals surface area contributed by atoms with Crippen LogP contribution in [0.2, 0.25) is 0 Å². The summed E-state index contributed by atoms with van der Waals surface area (Å²) in [6.07, 6.45) is 3.91. The van der Waals surface area contributed by atoms with Crippen LogP contribution in [-0.2, 0) is 6.54 Å². The summed E-state index contributed by atoms with van der Waals surface area (Å²) in [5.74, 6) is 1.26. The second kappa shape index (κ2) is 7.92. The van der Waals surface area contributed by atoms with E-state index in [0.717, 1.165) is 50.9 Å². The molecule has 2 heterocycles. The van der Waals surface area contributed by atoms with Gasteiger partial charge < -0.3 is 20.2 Å². The van der Waals surface area contributed by atoms with E-state index in [2.05, 4.69) is 25.2 Å². The van der Waals surface area contributed by atoms with Crippen LogP contribution in [0.3, 0.4) is 0 Å². The van der Waals surface area contributed by atoms with E-state index in [1.54, 1.807) is 6.07 Å². The molecule has 2 aromatic rings. The van der Waals surface area contributed by atoms with Gasteiger partial charge in [-0.05, 0) is 24.6 Å². The average molecular weight is 342 g/mol. The number of nitrogens with zero attached hydrogens (tertiary/aromatic N) is 5. The SMILES string of the molecule is CN=C(NCCn1cc(C)cn1)N1CCN(c2ccccc2O)CC1. The van der Waals surface area contributed by atoms with Crippen molar-refractivity contribution in [3.05, 3.63) is 42.2 Å². The number of aromatic nitrogens is 2. The molecule has 0 atom stereocenters. The molecule has 134 valence electrons. The Morgan fingerprint density at radius 2 is 2.00 bits per heavy atom. The van der Waals surface area contributed by atoms with Gasteiger partial charge in [0.2, 0.25) is 0 Å². The van der Waals surface area contributed by atoms with Crippen LogP contribution in [0.1, 0.15) is 5.56 Å². The summed E-state index contributed by atoms with van der Waals surface area (Å²) in [7, 11) is 1.82. The predicted molar refractivity (Wildman–Crippen MR) is 100 cm³/mol. The molecule has 1 aromatic carbocycles. The Labute approximate surface area is 148 Å². The van der Waals surface area contributed by atoms with Crippen molar-refractivity contribution in [1.82, 2.24) is 20.0 Å². The van der Waals surface area contributed by atoms with Gasteiger partial charge in [-0.25, -0.2) is 0 Å². The van der Waals surface area contributed by atoms with Gasteiger partial charge in [0.1, 0.15) is 5.75 Å². The second-order valence-corrected chi connectivity index (χ2v) is 6.22. The molecule has 3 rings (SSSR count). The number of phenols is 1. The molecule has 0 amide bonds. The maximum atomic E-state index is 10.0. The average Bonchev–Trinajstić information content (AvgIpc) is 3.05. The maximum Gasteiger partial charge on any atom is 0.193 e. The zero-order valence-corrected chi connectivity index (χ0v) is 14.9.